The van der Waals surface area contributed by atoms with Crippen LogP contribution in [0.15, 0.2) is 42.5 Å². The van der Waals surface area contributed by atoms with Crippen molar-refractivity contribution in [1.29, 1.82) is 0 Å². The third kappa shape index (κ3) is 3.91. The van der Waals surface area contributed by atoms with Gasteiger partial charge in [-0.15, -0.1) is 0 Å². The predicted octanol–water partition coefficient (Wildman–Crippen LogP) is 2.98. The summed E-state index contributed by atoms with van der Waals surface area (Å²) in [5.41, 5.74) is -5.59. The number of aliphatic hydroxyl groups excluding tert-OH is 1. The van der Waals surface area contributed by atoms with Gasteiger partial charge >= 0.3 is 0 Å². The summed E-state index contributed by atoms with van der Waals surface area (Å²) >= 11 is 0. The van der Waals surface area contributed by atoms with Gasteiger partial charge < -0.3 is 15.3 Å². The van der Waals surface area contributed by atoms with Crippen LogP contribution in [0, 0.1) is 34.5 Å². The molecule has 3 unspecified atom stereocenters. The third-order valence-corrected chi connectivity index (χ3v) is 10.9. The Morgan fingerprint density at radius 2 is 1.55 bits per heavy atom. The summed E-state index contributed by atoms with van der Waals surface area (Å²) in [6.45, 7) is 8.85. The fourth-order valence-corrected chi connectivity index (χ4v) is 8.64. The molecule has 2 aromatic carbocycles. The fraction of sp³-hybridized carbons (Fsp3) is 0.486. The van der Waals surface area contributed by atoms with Gasteiger partial charge in [0.2, 0.25) is 0 Å². The van der Waals surface area contributed by atoms with Crippen LogP contribution in [0.5, 0.6) is 5.75 Å². The summed E-state index contributed by atoms with van der Waals surface area (Å²) in [5, 5.41) is 35.8. The Morgan fingerprint density at radius 1 is 0.932 bits per heavy atom. The lowest BCUT2D eigenvalue weighted by Crippen LogP contribution is -2.81. The smallest absolute Gasteiger partial charge is 0.191 e. The molecule has 5 rings (SSSR count). The van der Waals surface area contributed by atoms with Crippen molar-refractivity contribution in [2.45, 2.75) is 72.0 Å². The molecule has 3 aliphatic carbocycles. The normalized spacial score (nSPS) is 34.8. The van der Waals surface area contributed by atoms with Crippen LogP contribution >= 0.6 is 0 Å². The molecule has 2 saturated carbocycles. The lowest BCUT2D eigenvalue weighted by atomic mass is 9.37. The van der Waals surface area contributed by atoms with E-state index in [2.05, 4.69) is 0 Å². The minimum atomic E-state index is -3.03. The Labute approximate surface area is 255 Å². The summed E-state index contributed by atoms with van der Waals surface area (Å²) in [5.74, 6) is -12.0. The maximum atomic E-state index is 14.5. The quantitative estimate of drug-likeness (QED) is 0.422. The van der Waals surface area contributed by atoms with Gasteiger partial charge in [0.25, 0.3) is 0 Å². The molecule has 0 saturated heterocycles. The number of aromatic hydroxyl groups is 1. The summed E-state index contributed by atoms with van der Waals surface area (Å²) in [7, 11) is 0. The molecule has 0 spiro atoms. The number of phenolic OH excluding ortho intramolecular Hbond substituents is 1. The third-order valence-electron chi connectivity index (χ3n) is 10.9. The molecule has 0 bridgehead atoms. The molecule has 0 radical (unpaired) electrons. The number of hydrogen-bond acceptors (Lipinski definition) is 9. The maximum absolute atomic E-state index is 14.5. The highest BCUT2D eigenvalue weighted by molar-refractivity contribution is 6.33. The van der Waals surface area contributed by atoms with Crippen molar-refractivity contribution < 1.29 is 44.1 Å². The van der Waals surface area contributed by atoms with Crippen molar-refractivity contribution in [2.24, 2.45) is 34.5 Å². The number of carbonyl (C=O) groups excluding carboxylic acids is 6. The van der Waals surface area contributed by atoms with E-state index in [0.29, 0.717) is 5.56 Å². The van der Waals surface area contributed by atoms with E-state index >= 15 is 0 Å². The first-order valence-corrected chi connectivity index (χ1v) is 14.9. The van der Waals surface area contributed by atoms with Crippen molar-refractivity contribution in [1.82, 2.24) is 0 Å². The van der Waals surface area contributed by atoms with Gasteiger partial charge in [0.15, 0.2) is 28.7 Å². The Bertz CT molecular complexity index is 1620. The van der Waals surface area contributed by atoms with Crippen LogP contribution in [0.4, 0.5) is 0 Å². The molecule has 2 aromatic rings. The number of benzene rings is 2. The van der Waals surface area contributed by atoms with E-state index in [4.69, 9.17) is 0 Å². The van der Waals surface area contributed by atoms with Crippen molar-refractivity contribution >= 4 is 34.7 Å². The van der Waals surface area contributed by atoms with Gasteiger partial charge in [-0.05, 0) is 29.9 Å². The minimum Gasteiger partial charge on any atom is -0.507 e. The van der Waals surface area contributed by atoms with Crippen LogP contribution in [-0.4, -0.2) is 61.7 Å². The summed E-state index contributed by atoms with van der Waals surface area (Å²) in [4.78, 5) is 81.8. The van der Waals surface area contributed by atoms with Crippen molar-refractivity contribution in [3.8, 4) is 5.75 Å². The van der Waals surface area contributed by atoms with Gasteiger partial charge in [0.1, 0.15) is 23.2 Å². The molecule has 8 atom stereocenters. The number of aliphatic hydroxyl groups is 2. The average molecular weight is 603 g/mol. The van der Waals surface area contributed by atoms with Crippen molar-refractivity contribution in [2.75, 3.05) is 0 Å². The second kappa shape index (κ2) is 10.4. The number of carbonyl (C=O) groups is 6. The monoisotopic (exact) mass is 602 g/mol. The number of fused-ring (bicyclic) bond motifs is 3. The zero-order valence-corrected chi connectivity index (χ0v) is 25.7. The van der Waals surface area contributed by atoms with Gasteiger partial charge in [-0.1, -0.05) is 77.1 Å². The molecule has 3 N–H and O–H groups in total. The average Bonchev–Trinajstić information content (AvgIpc) is 2.94. The summed E-state index contributed by atoms with van der Waals surface area (Å²) in [6, 6.07) is 12.2. The Kier molecular flexibility index (Phi) is 7.45. The first-order valence-electron chi connectivity index (χ1n) is 14.9. The zero-order chi connectivity index (χ0) is 32.7. The van der Waals surface area contributed by atoms with Crippen LogP contribution in [0.1, 0.15) is 74.5 Å². The van der Waals surface area contributed by atoms with Gasteiger partial charge in [-0.3, -0.25) is 28.8 Å². The van der Waals surface area contributed by atoms with E-state index in [0.717, 1.165) is 12.5 Å². The molecule has 9 nitrogen and oxygen atoms in total. The first-order chi connectivity index (χ1) is 20.5. The fourth-order valence-electron chi connectivity index (χ4n) is 8.64. The highest BCUT2D eigenvalue weighted by atomic mass is 16.3. The summed E-state index contributed by atoms with van der Waals surface area (Å²) < 4.78 is 0. The Morgan fingerprint density at radius 3 is 2.11 bits per heavy atom. The maximum Gasteiger partial charge on any atom is 0.191 e. The standard InChI is InChI=1S/C35H38O9/c1-16(2)25-28(39)23(18(4)36)30(41)35(44)31(42)26-29(40)24-22(17(3)33(26,5)32(43)34(25,35)6)13-12-20(27(24)38)15-21(37)14-19-10-8-7-9-11-19/h7-13,16-17,23,25-26,32,38,43-44H,14-15H2,1-6H3/t17-,23?,25?,26?,32-,33+,34+,35+/m1/s1. The molecule has 2 fully saturated rings. The van der Waals surface area contributed by atoms with Crippen LogP contribution in [0.2, 0.25) is 0 Å². The number of rotatable bonds is 6. The topological polar surface area (TPSA) is 163 Å². The van der Waals surface area contributed by atoms with Crippen molar-refractivity contribution in [3.05, 3.63) is 64.7 Å². The summed E-state index contributed by atoms with van der Waals surface area (Å²) in [6.07, 6.45) is -1.81. The van der Waals surface area contributed by atoms with Gasteiger partial charge in [0, 0.05) is 35.2 Å². The molecule has 0 aromatic heterocycles. The van der Waals surface area contributed by atoms with Crippen LogP contribution in [0.25, 0.3) is 0 Å². The molecule has 0 heterocycles. The molecular formula is C35H38O9. The van der Waals surface area contributed by atoms with E-state index in [1.54, 1.807) is 57.2 Å². The number of ketones is 6. The molecule has 9 heteroatoms. The number of hydrogen-bond donors (Lipinski definition) is 3. The van der Waals surface area contributed by atoms with E-state index in [-0.39, 0.29) is 29.8 Å². The second-order valence-corrected chi connectivity index (χ2v) is 13.6. The SMILES string of the molecule is CC(=O)C1C(=O)C(C(C)C)[C@@]2(C)[C@H](O)[C@]3(C)C(C(=O)c4c(ccc(CC(=O)Cc5ccccc5)c4O)[C@H]3C)C(=O)[C@@]2(O)C1=O. The van der Waals surface area contributed by atoms with Crippen LogP contribution < -0.4 is 0 Å². The zero-order valence-electron chi connectivity index (χ0n) is 25.7. The van der Waals surface area contributed by atoms with Gasteiger partial charge in [-0.2, -0.15) is 0 Å². The van der Waals surface area contributed by atoms with E-state index < -0.39 is 86.8 Å². The molecule has 0 aliphatic heterocycles. The predicted molar refractivity (Wildman–Crippen MR) is 158 cm³/mol. The van der Waals surface area contributed by atoms with E-state index in [9.17, 15) is 44.1 Å². The molecule has 0 amide bonds. The Hall–Kier alpha value is -3.82. The molecule has 3 aliphatic rings. The molecule has 232 valence electrons. The minimum absolute atomic E-state index is 0.105. The number of phenols is 1. The highest BCUT2D eigenvalue weighted by Gasteiger charge is 2.80. The first kappa shape index (κ1) is 31.6. The van der Waals surface area contributed by atoms with Gasteiger partial charge in [0.05, 0.1) is 17.6 Å². The van der Waals surface area contributed by atoms with Crippen molar-refractivity contribution in [3.63, 3.8) is 0 Å². The lowest BCUT2D eigenvalue weighted by Gasteiger charge is -2.65. The highest BCUT2D eigenvalue weighted by Crippen LogP contribution is 2.66. The van der Waals surface area contributed by atoms with Crippen LogP contribution in [-0.2, 0) is 36.8 Å². The van der Waals surface area contributed by atoms with E-state index in [1.165, 1.54) is 13.8 Å². The van der Waals surface area contributed by atoms with Gasteiger partial charge in [-0.25, -0.2) is 0 Å². The van der Waals surface area contributed by atoms with E-state index in [1.807, 2.05) is 6.07 Å². The Balaban J connectivity index is 1.65. The lowest BCUT2D eigenvalue weighted by molar-refractivity contribution is -0.240. The van der Waals surface area contributed by atoms with Crippen LogP contribution in [0.3, 0.4) is 0 Å². The molecular weight excluding hydrogens is 564 g/mol. The molecule has 44 heavy (non-hydrogen) atoms. The largest absolute Gasteiger partial charge is 0.507 e. The second-order valence-electron chi connectivity index (χ2n) is 13.6. The number of Topliss-reactive ketones (excluding diaryl/α,β-unsaturated/α-hetero) is 6.